The minimum Gasteiger partial charge on any atom is -0.456 e. The van der Waals surface area contributed by atoms with E-state index in [0.29, 0.717) is 0 Å². The summed E-state index contributed by atoms with van der Waals surface area (Å²) in [5.41, 5.74) is 16.0. The maximum atomic E-state index is 6.75. The van der Waals surface area contributed by atoms with Crippen LogP contribution in [0.15, 0.2) is 245 Å². The van der Waals surface area contributed by atoms with Gasteiger partial charge in [-0.1, -0.05) is 170 Å². The summed E-state index contributed by atoms with van der Waals surface area (Å²) in [7, 11) is 0. The van der Waals surface area contributed by atoms with Gasteiger partial charge in [-0.15, -0.1) is 0 Å². The highest BCUT2D eigenvalue weighted by Crippen LogP contribution is 2.59. The van der Waals surface area contributed by atoms with Crippen LogP contribution in [0.4, 0.5) is 17.1 Å². The Bertz CT molecular complexity index is 4000. The van der Waals surface area contributed by atoms with Gasteiger partial charge in [0.05, 0.1) is 11.1 Å². The standard InChI is InChI=1S/C63H39NO2/c1-4-15-40(16-5-1)41-27-30-48(31-28-41)64(55-26-14-25-54-60(55)50-23-12-13-24-53(50)63(54,46-19-6-2-7-20-46)47-21-8-3-9-22-47)49-32-29-44-37-52-59(39-45(44)35-49)66-57-34-33-56-61(62(52)57)51-36-42-17-10-11-18-43(42)38-58(51)65-56/h1-39H. The van der Waals surface area contributed by atoms with Gasteiger partial charge in [0.1, 0.15) is 22.3 Å². The molecule has 308 valence electrons. The highest BCUT2D eigenvalue weighted by molar-refractivity contribution is 6.27. The fourth-order valence-corrected chi connectivity index (χ4v) is 11.2. The van der Waals surface area contributed by atoms with Crippen LogP contribution in [0.25, 0.3) is 87.7 Å². The number of fused-ring (bicyclic) bond motifs is 12. The van der Waals surface area contributed by atoms with Crippen molar-refractivity contribution in [2.24, 2.45) is 0 Å². The van der Waals surface area contributed by atoms with E-state index in [2.05, 4.69) is 235 Å². The molecule has 11 aromatic carbocycles. The molecule has 2 aromatic heterocycles. The van der Waals surface area contributed by atoms with Crippen LogP contribution in [-0.4, -0.2) is 0 Å². The third kappa shape index (κ3) is 5.32. The fourth-order valence-electron chi connectivity index (χ4n) is 11.2. The molecule has 66 heavy (non-hydrogen) atoms. The second-order valence-electron chi connectivity index (χ2n) is 17.6. The lowest BCUT2D eigenvalue weighted by Crippen LogP contribution is -2.28. The quantitative estimate of drug-likeness (QED) is 0.167. The van der Waals surface area contributed by atoms with Gasteiger partial charge in [0.2, 0.25) is 0 Å². The molecule has 0 radical (unpaired) electrons. The van der Waals surface area contributed by atoms with Gasteiger partial charge in [-0.25, -0.2) is 0 Å². The molecular formula is C63H39NO2. The zero-order valence-electron chi connectivity index (χ0n) is 35.8. The van der Waals surface area contributed by atoms with E-state index >= 15 is 0 Å². The molecule has 13 aromatic rings. The number of benzene rings is 11. The van der Waals surface area contributed by atoms with Crippen LogP contribution in [-0.2, 0) is 5.41 Å². The van der Waals surface area contributed by atoms with Crippen molar-refractivity contribution in [3.8, 4) is 22.3 Å². The second-order valence-corrected chi connectivity index (χ2v) is 17.6. The van der Waals surface area contributed by atoms with Crippen molar-refractivity contribution in [2.75, 3.05) is 4.90 Å². The third-order valence-corrected chi connectivity index (χ3v) is 14.1. The summed E-state index contributed by atoms with van der Waals surface area (Å²) in [6.45, 7) is 0. The Hall–Kier alpha value is -8.66. The highest BCUT2D eigenvalue weighted by Gasteiger charge is 2.47. The molecular weight excluding hydrogens is 803 g/mol. The first-order valence-electron chi connectivity index (χ1n) is 22.6. The largest absolute Gasteiger partial charge is 0.456 e. The zero-order chi connectivity index (χ0) is 43.3. The molecule has 0 aliphatic heterocycles. The maximum Gasteiger partial charge on any atom is 0.136 e. The number of rotatable bonds is 6. The molecule has 1 aliphatic rings. The number of hydrogen-bond donors (Lipinski definition) is 0. The van der Waals surface area contributed by atoms with E-state index in [0.717, 1.165) is 77.1 Å². The van der Waals surface area contributed by atoms with Crippen molar-refractivity contribution in [3.63, 3.8) is 0 Å². The van der Waals surface area contributed by atoms with Crippen molar-refractivity contribution >= 4 is 82.5 Å². The molecule has 0 spiro atoms. The minimum absolute atomic E-state index is 0.525. The van der Waals surface area contributed by atoms with Crippen LogP contribution in [0.1, 0.15) is 22.3 Å². The lowest BCUT2D eigenvalue weighted by atomic mass is 9.68. The summed E-state index contributed by atoms with van der Waals surface area (Å²) in [4.78, 5) is 2.45. The van der Waals surface area contributed by atoms with Gasteiger partial charge in [-0.05, 0) is 127 Å². The number of nitrogens with zero attached hydrogens (tertiary/aromatic N) is 1. The van der Waals surface area contributed by atoms with Gasteiger partial charge in [0.15, 0.2) is 0 Å². The lowest BCUT2D eigenvalue weighted by Gasteiger charge is -2.34. The van der Waals surface area contributed by atoms with Crippen LogP contribution in [0.2, 0.25) is 0 Å². The van der Waals surface area contributed by atoms with E-state index in [-0.39, 0.29) is 0 Å². The smallest absolute Gasteiger partial charge is 0.136 e. The summed E-state index contributed by atoms with van der Waals surface area (Å²) >= 11 is 0. The van der Waals surface area contributed by atoms with Crippen LogP contribution < -0.4 is 4.90 Å². The molecule has 0 atom stereocenters. The van der Waals surface area contributed by atoms with Gasteiger partial charge >= 0.3 is 0 Å². The molecule has 0 N–H and O–H groups in total. The first kappa shape index (κ1) is 36.8. The number of hydrogen-bond acceptors (Lipinski definition) is 3. The number of furan rings is 2. The molecule has 3 nitrogen and oxygen atoms in total. The molecule has 0 amide bonds. The summed E-state index contributed by atoms with van der Waals surface area (Å²) < 4.78 is 13.3. The van der Waals surface area contributed by atoms with Crippen LogP contribution in [0.3, 0.4) is 0 Å². The predicted molar refractivity (Wildman–Crippen MR) is 273 cm³/mol. The molecule has 14 rings (SSSR count). The first-order valence-corrected chi connectivity index (χ1v) is 22.6. The Kier molecular flexibility index (Phi) is 7.90. The summed E-state index contributed by atoms with van der Waals surface area (Å²) in [6.07, 6.45) is 0. The zero-order valence-corrected chi connectivity index (χ0v) is 35.8. The molecule has 3 heteroatoms. The van der Waals surface area contributed by atoms with E-state index < -0.39 is 5.41 Å². The summed E-state index contributed by atoms with van der Waals surface area (Å²) in [5, 5.41) is 8.94. The van der Waals surface area contributed by atoms with Crippen molar-refractivity contribution in [1.29, 1.82) is 0 Å². The third-order valence-electron chi connectivity index (χ3n) is 14.1. The van der Waals surface area contributed by atoms with Crippen molar-refractivity contribution in [3.05, 3.63) is 259 Å². The van der Waals surface area contributed by atoms with Crippen LogP contribution in [0, 0.1) is 0 Å². The molecule has 0 fully saturated rings. The number of anilines is 3. The summed E-state index contributed by atoms with van der Waals surface area (Å²) in [6, 6.07) is 85.9. The normalized spacial score (nSPS) is 13.0. The Morgan fingerprint density at radius 3 is 1.52 bits per heavy atom. The Morgan fingerprint density at radius 2 is 0.848 bits per heavy atom. The van der Waals surface area contributed by atoms with Crippen molar-refractivity contribution in [1.82, 2.24) is 0 Å². The molecule has 0 bridgehead atoms. The molecule has 2 heterocycles. The predicted octanol–water partition coefficient (Wildman–Crippen LogP) is 17.3. The topological polar surface area (TPSA) is 29.5 Å². The average Bonchev–Trinajstić information content (AvgIpc) is 4.03. The van der Waals surface area contributed by atoms with E-state index in [4.69, 9.17) is 8.83 Å². The van der Waals surface area contributed by atoms with Crippen molar-refractivity contribution in [2.45, 2.75) is 5.41 Å². The maximum absolute atomic E-state index is 6.75. The van der Waals surface area contributed by atoms with Crippen LogP contribution >= 0.6 is 0 Å². The molecule has 1 aliphatic carbocycles. The van der Waals surface area contributed by atoms with E-state index in [1.54, 1.807) is 0 Å². The lowest BCUT2D eigenvalue weighted by molar-refractivity contribution is 0.663. The van der Waals surface area contributed by atoms with Gasteiger partial charge in [0.25, 0.3) is 0 Å². The fraction of sp³-hybridized carbons (Fsp3) is 0.0159. The molecule has 0 saturated carbocycles. The van der Waals surface area contributed by atoms with Crippen LogP contribution in [0.5, 0.6) is 0 Å². The SMILES string of the molecule is c1ccc(-c2ccc(N(c3ccc4cc5c(cc4c3)oc3ccc4oc6cc7ccccc7cc6c4c35)c3cccc4c3-c3ccccc3C4(c3ccccc3)c3ccccc3)cc2)cc1. The van der Waals surface area contributed by atoms with E-state index in [9.17, 15) is 0 Å². The monoisotopic (exact) mass is 841 g/mol. The van der Waals surface area contributed by atoms with Gasteiger partial charge < -0.3 is 13.7 Å². The molecule has 0 saturated heterocycles. The average molecular weight is 842 g/mol. The van der Waals surface area contributed by atoms with Gasteiger partial charge in [0, 0.05) is 38.5 Å². The Labute approximate surface area is 381 Å². The van der Waals surface area contributed by atoms with E-state index in [1.165, 1.54) is 49.9 Å². The van der Waals surface area contributed by atoms with Gasteiger partial charge in [-0.3, -0.25) is 0 Å². The second kappa shape index (κ2) is 14.2. The minimum atomic E-state index is -0.525. The van der Waals surface area contributed by atoms with Crippen molar-refractivity contribution < 1.29 is 8.83 Å². The first-order chi connectivity index (χ1) is 32.7. The van der Waals surface area contributed by atoms with E-state index in [1.807, 2.05) is 6.07 Å². The molecule has 0 unspecified atom stereocenters. The highest BCUT2D eigenvalue weighted by atomic mass is 16.3. The summed E-state index contributed by atoms with van der Waals surface area (Å²) in [5.74, 6) is 0. The van der Waals surface area contributed by atoms with Gasteiger partial charge in [-0.2, -0.15) is 0 Å². The Balaban J connectivity index is 0.998. The Morgan fingerprint density at radius 1 is 0.333 bits per heavy atom.